The monoisotopic (exact) mass is 511 g/mol. The van der Waals surface area contributed by atoms with Crippen LogP contribution in [0.5, 0.6) is 0 Å². The van der Waals surface area contributed by atoms with Gasteiger partial charge < -0.3 is 44.0 Å². The van der Waals surface area contributed by atoms with Gasteiger partial charge in [-0.3, -0.25) is 4.79 Å². The zero-order valence-corrected chi connectivity index (χ0v) is 21.6. The molecule has 4 rings (SSSR count). The molecule has 202 valence electrons. The molecule has 0 saturated carbocycles. The van der Waals surface area contributed by atoms with Gasteiger partial charge in [0.05, 0.1) is 12.7 Å². The zero-order chi connectivity index (χ0) is 26.4. The van der Waals surface area contributed by atoms with Gasteiger partial charge in [-0.1, -0.05) is 13.3 Å². The molecule has 0 aromatic rings. The molecule has 0 aromatic carbocycles. The second kappa shape index (κ2) is 10.1. The number of carbonyl (C=O) groups is 2. The Morgan fingerprint density at radius 2 is 1.56 bits per heavy atom. The lowest BCUT2D eigenvalue weighted by Gasteiger charge is -2.40. The second-order valence-corrected chi connectivity index (χ2v) is 10.4. The highest BCUT2D eigenvalue weighted by Crippen LogP contribution is 2.42. The van der Waals surface area contributed by atoms with E-state index >= 15 is 0 Å². The number of aliphatic hydroxyl groups excluding tert-OH is 1. The van der Waals surface area contributed by atoms with Crippen molar-refractivity contribution in [2.75, 3.05) is 13.7 Å². The largest absolute Gasteiger partial charge is 0.466 e. The molecule has 0 bridgehead atoms. The predicted octanol–water partition coefficient (Wildman–Crippen LogP) is 0.865. The van der Waals surface area contributed by atoms with Crippen molar-refractivity contribution < 1.29 is 47.9 Å². The Morgan fingerprint density at radius 1 is 0.972 bits per heavy atom. The smallest absolute Gasteiger partial charge is 0.336 e. The third-order valence-corrected chi connectivity index (χ3v) is 6.71. The fourth-order valence-corrected chi connectivity index (χ4v) is 5.15. The number of fused-ring (bicyclic) bond motifs is 2. The van der Waals surface area contributed by atoms with E-state index in [1.165, 1.54) is 13.2 Å². The summed E-state index contributed by atoms with van der Waals surface area (Å²) in [5.41, 5.74) is 6.08. The molecule has 1 amide bonds. The molecule has 4 aliphatic rings. The van der Waals surface area contributed by atoms with Gasteiger partial charge in [-0.05, 0) is 46.3 Å². The van der Waals surface area contributed by atoms with E-state index < -0.39 is 72.3 Å². The zero-order valence-electron chi connectivity index (χ0n) is 21.6. The number of amides is 1. The first-order chi connectivity index (χ1) is 16.9. The lowest BCUT2D eigenvalue weighted by molar-refractivity contribution is -0.197. The summed E-state index contributed by atoms with van der Waals surface area (Å²) in [7, 11) is 1.30. The van der Waals surface area contributed by atoms with Gasteiger partial charge in [0.15, 0.2) is 11.6 Å². The molecule has 11 heteroatoms. The van der Waals surface area contributed by atoms with Gasteiger partial charge in [-0.15, -0.1) is 0 Å². The number of aliphatic hydroxyl groups is 1. The SMILES string of the molecule is CCCCO[C@H]1C=C(C(=O)OC)[C@H]2OC(C)(C)O[C@H]2[C@@H]1O[C@H]1C=C(C(N)=O)[C@H]2OC(C)(C)O[C@H]2[C@@H]1O. The summed E-state index contributed by atoms with van der Waals surface area (Å²) >= 11 is 0. The third kappa shape index (κ3) is 5.24. The molecule has 0 spiro atoms. The maximum Gasteiger partial charge on any atom is 0.336 e. The first-order valence-electron chi connectivity index (χ1n) is 12.4. The Hall–Kier alpha value is -1.86. The molecule has 2 heterocycles. The fourth-order valence-electron chi connectivity index (χ4n) is 5.15. The normalized spacial score (nSPS) is 38.5. The minimum atomic E-state index is -1.17. The van der Waals surface area contributed by atoms with Crippen LogP contribution in [-0.4, -0.2) is 91.1 Å². The lowest BCUT2D eigenvalue weighted by atomic mass is 9.86. The number of ether oxygens (including phenoxy) is 7. The van der Waals surface area contributed by atoms with E-state index in [1.807, 2.05) is 6.92 Å². The van der Waals surface area contributed by atoms with E-state index in [4.69, 9.17) is 38.9 Å². The summed E-state index contributed by atoms with van der Waals surface area (Å²) in [5.74, 6) is -3.28. The third-order valence-electron chi connectivity index (χ3n) is 6.71. The van der Waals surface area contributed by atoms with Crippen molar-refractivity contribution in [1.82, 2.24) is 0 Å². The van der Waals surface area contributed by atoms with E-state index in [0.29, 0.717) is 6.61 Å². The molecular weight excluding hydrogens is 474 g/mol. The molecular formula is C25H37NO10. The van der Waals surface area contributed by atoms with Gasteiger partial charge in [0.2, 0.25) is 5.91 Å². The van der Waals surface area contributed by atoms with Crippen LogP contribution in [0.15, 0.2) is 23.3 Å². The molecule has 2 aliphatic heterocycles. The molecule has 0 unspecified atom stereocenters. The molecule has 36 heavy (non-hydrogen) atoms. The number of rotatable bonds is 8. The molecule has 2 aliphatic carbocycles. The minimum Gasteiger partial charge on any atom is -0.466 e. The highest BCUT2D eigenvalue weighted by Gasteiger charge is 2.57. The van der Waals surface area contributed by atoms with Crippen molar-refractivity contribution in [3.63, 3.8) is 0 Å². The summed E-state index contributed by atoms with van der Waals surface area (Å²) in [5, 5.41) is 11.2. The van der Waals surface area contributed by atoms with Crippen molar-refractivity contribution in [1.29, 1.82) is 0 Å². The number of carbonyl (C=O) groups excluding carboxylic acids is 2. The van der Waals surface area contributed by atoms with Crippen LogP contribution in [0, 0.1) is 0 Å². The van der Waals surface area contributed by atoms with Crippen molar-refractivity contribution >= 4 is 11.9 Å². The number of esters is 1. The second-order valence-electron chi connectivity index (χ2n) is 10.4. The van der Waals surface area contributed by atoms with E-state index in [0.717, 1.165) is 12.8 Å². The Labute approximate surface area is 210 Å². The van der Waals surface area contributed by atoms with Crippen molar-refractivity contribution in [2.24, 2.45) is 5.73 Å². The molecule has 3 N–H and O–H groups in total. The average Bonchev–Trinajstić information content (AvgIpc) is 3.30. The minimum absolute atomic E-state index is 0.159. The van der Waals surface area contributed by atoms with E-state index in [-0.39, 0.29) is 11.1 Å². The Balaban J connectivity index is 1.68. The van der Waals surface area contributed by atoms with Crippen LogP contribution in [0.25, 0.3) is 0 Å². The van der Waals surface area contributed by atoms with Crippen molar-refractivity contribution in [3.8, 4) is 0 Å². The predicted molar refractivity (Wildman–Crippen MR) is 124 cm³/mol. The van der Waals surface area contributed by atoms with Crippen molar-refractivity contribution in [3.05, 3.63) is 23.3 Å². The Morgan fingerprint density at radius 3 is 2.14 bits per heavy atom. The Kier molecular flexibility index (Phi) is 7.65. The molecule has 0 aromatic heterocycles. The van der Waals surface area contributed by atoms with Gasteiger partial charge in [0.25, 0.3) is 0 Å². The summed E-state index contributed by atoms with van der Waals surface area (Å²) in [4.78, 5) is 24.9. The topological polar surface area (TPSA) is 145 Å². The Bertz CT molecular complexity index is 928. The number of nitrogens with two attached hydrogens (primary N) is 1. The fraction of sp³-hybridized carbons (Fsp3) is 0.760. The number of methoxy groups -OCH3 is 1. The van der Waals surface area contributed by atoms with E-state index in [1.54, 1.807) is 33.8 Å². The summed E-state index contributed by atoms with van der Waals surface area (Å²) in [6, 6.07) is 0. The lowest BCUT2D eigenvalue weighted by Crippen LogP contribution is -2.56. The number of unbranched alkanes of at least 4 members (excludes halogenated alkanes) is 1. The van der Waals surface area contributed by atoms with Gasteiger partial charge in [0, 0.05) is 12.2 Å². The highest BCUT2D eigenvalue weighted by atomic mass is 16.8. The molecule has 2 fully saturated rings. The number of hydrogen-bond acceptors (Lipinski definition) is 10. The van der Waals surface area contributed by atoms with Crippen LogP contribution in [0.3, 0.4) is 0 Å². The van der Waals surface area contributed by atoms with Crippen LogP contribution < -0.4 is 5.73 Å². The van der Waals surface area contributed by atoms with Gasteiger partial charge in [-0.2, -0.15) is 0 Å². The summed E-state index contributed by atoms with van der Waals surface area (Å²) in [6.07, 6.45) is -2.07. The maximum atomic E-state index is 12.6. The van der Waals surface area contributed by atoms with Gasteiger partial charge in [0.1, 0.15) is 48.8 Å². The van der Waals surface area contributed by atoms with Crippen LogP contribution in [0.2, 0.25) is 0 Å². The van der Waals surface area contributed by atoms with Crippen LogP contribution in [0.4, 0.5) is 0 Å². The van der Waals surface area contributed by atoms with Gasteiger partial charge >= 0.3 is 5.97 Å². The standard InChI is InChI=1S/C25H37NO10/c1-7-8-9-31-15-11-13(23(29)30-6)18-21(36-25(4,5)34-18)19(15)32-14-10-12(22(26)28)17-20(16(14)27)35-24(2,3)33-17/h10-11,14-21,27H,7-9H2,1-6H3,(H2,26,28)/t14-,15-,16+,17+,18+,19+,20-,21+/m0/s1. The maximum absolute atomic E-state index is 12.6. The van der Waals surface area contributed by atoms with E-state index in [9.17, 15) is 14.7 Å². The summed E-state index contributed by atoms with van der Waals surface area (Å²) in [6.45, 7) is 9.32. The average molecular weight is 512 g/mol. The first-order valence-corrected chi connectivity index (χ1v) is 12.4. The molecule has 2 saturated heterocycles. The number of primary amides is 1. The number of hydrogen-bond donors (Lipinski definition) is 2. The molecule has 8 atom stereocenters. The highest BCUT2D eigenvalue weighted by molar-refractivity contribution is 5.93. The first kappa shape index (κ1) is 27.2. The van der Waals surface area contributed by atoms with E-state index in [2.05, 4.69) is 0 Å². The van der Waals surface area contributed by atoms with Crippen molar-refractivity contribution in [2.45, 2.75) is 108 Å². The quantitative estimate of drug-likeness (QED) is 0.356. The van der Waals surface area contributed by atoms with Crippen LogP contribution in [-0.2, 0) is 42.7 Å². The molecule has 11 nitrogen and oxygen atoms in total. The van der Waals surface area contributed by atoms with Gasteiger partial charge in [-0.25, -0.2) is 4.79 Å². The molecule has 0 radical (unpaired) electrons. The van der Waals surface area contributed by atoms with Crippen LogP contribution in [0.1, 0.15) is 47.5 Å². The summed E-state index contributed by atoms with van der Waals surface area (Å²) < 4.78 is 41.4. The van der Waals surface area contributed by atoms with Crippen LogP contribution >= 0.6 is 0 Å².